The number of benzene rings is 2. The van der Waals surface area contributed by atoms with E-state index in [1.807, 2.05) is 37.3 Å². The van der Waals surface area contributed by atoms with Crippen LogP contribution in [-0.4, -0.2) is 69.5 Å². The second kappa shape index (κ2) is 16.5. The van der Waals surface area contributed by atoms with Gasteiger partial charge >= 0.3 is 12.1 Å². The summed E-state index contributed by atoms with van der Waals surface area (Å²) in [4.78, 5) is 55.9. The Morgan fingerprint density at radius 2 is 1.51 bits per heavy atom. The number of rotatable bonds is 13. The summed E-state index contributed by atoms with van der Waals surface area (Å²) in [5.41, 5.74) is -0.157. The number of nitrogens with one attached hydrogen (secondary N) is 2. The fourth-order valence-corrected chi connectivity index (χ4v) is 4.80. The van der Waals surface area contributed by atoms with Gasteiger partial charge in [0.25, 0.3) is 0 Å². The molecule has 0 heterocycles. The van der Waals surface area contributed by atoms with E-state index >= 15 is 0 Å². The van der Waals surface area contributed by atoms with Crippen molar-refractivity contribution in [2.75, 3.05) is 12.3 Å². The van der Waals surface area contributed by atoms with Crippen LogP contribution < -0.4 is 10.6 Å². The summed E-state index contributed by atoms with van der Waals surface area (Å²) in [5.74, 6) is -2.17. The number of para-hydroxylation sites is 1. The van der Waals surface area contributed by atoms with Gasteiger partial charge in [0.05, 0.1) is 0 Å². The molecule has 0 aliphatic heterocycles. The SMILES string of the molecule is CCCCN(C(=O)C(CS)NC(=O)OC(C)(C)C)C(C(=O)NC(Cc1ccccc1)C(=O)OC(C)(C)C)c1cccc(C)c1O. The minimum Gasteiger partial charge on any atom is -0.507 e. The van der Waals surface area contributed by atoms with E-state index in [2.05, 4.69) is 23.3 Å². The highest BCUT2D eigenvalue weighted by Crippen LogP contribution is 2.33. The van der Waals surface area contributed by atoms with Crippen LogP contribution in [0, 0.1) is 6.92 Å². The second-order valence-electron chi connectivity index (χ2n) is 13.0. The van der Waals surface area contributed by atoms with E-state index in [1.54, 1.807) is 66.7 Å². The summed E-state index contributed by atoms with van der Waals surface area (Å²) in [6.07, 6.45) is 0.541. The highest BCUT2D eigenvalue weighted by atomic mass is 32.1. The van der Waals surface area contributed by atoms with E-state index in [0.717, 1.165) is 5.56 Å². The molecule has 0 aliphatic carbocycles. The summed E-state index contributed by atoms with van der Waals surface area (Å²) in [5, 5.41) is 16.6. The Hall–Kier alpha value is -3.73. The maximum Gasteiger partial charge on any atom is 0.408 e. The van der Waals surface area contributed by atoms with Crippen molar-refractivity contribution in [1.82, 2.24) is 15.5 Å². The number of thiol groups is 1. The number of aryl methyl sites for hydroxylation is 1. The van der Waals surface area contributed by atoms with Gasteiger partial charge < -0.3 is 30.1 Å². The van der Waals surface area contributed by atoms with Gasteiger partial charge in [-0.05, 0) is 66.0 Å². The lowest BCUT2D eigenvalue weighted by molar-refractivity contribution is -0.159. The highest BCUT2D eigenvalue weighted by molar-refractivity contribution is 7.80. The third-order valence-electron chi connectivity index (χ3n) is 6.62. The molecular weight excluding hydrogens is 594 g/mol. The van der Waals surface area contributed by atoms with Gasteiger partial charge in [-0.25, -0.2) is 9.59 Å². The summed E-state index contributed by atoms with van der Waals surface area (Å²) in [7, 11) is 0. The first-order valence-electron chi connectivity index (χ1n) is 15.2. The molecule has 0 fully saturated rings. The van der Waals surface area contributed by atoms with Gasteiger partial charge in [-0.3, -0.25) is 9.59 Å². The first kappa shape index (κ1) is 37.5. The number of nitrogens with zero attached hydrogens (tertiary/aromatic N) is 1. The summed E-state index contributed by atoms with van der Waals surface area (Å²) in [6, 6.07) is 10.5. The number of carbonyl (C=O) groups excluding carboxylic acids is 4. The van der Waals surface area contributed by atoms with Gasteiger partial charge in [-0.2, -0.15) is 12.6 Å². The second-order valence-corrected chi connectivity index (χ2v) is 13.3. The molecule has 3 unspecified atom stereocenters. The zero-order chi connectivity index (χ0) is 33.9. The van der Waals surface area contributed by atoms with Crippen LogP contribution in [0.25, 0.3) is 0 Å². The van der Waals surface area contributed by atoms with E-state index in [-0.39, 0.29) is 30.0 Å². The number of phenolic OH excluding ortho intramolecular Hbond substituents is 1. The van der Waals surface area contributed by atoms with Crippen molar-refractivity contribution >= 4 is 36.5 Å². The van der Waals surface area contributed by atoms with Gasteiger partial charge in [-0.15, -0.1) is 0 Å². The van der Waals surface area contributed by atoms with E-state index in [1.165, 1.54) is 4.90 Å². The number of amides is 3. The van der Waals surface area contributed by atoms with Crippen LogP contribution in [-0.2, 0) is 30.3 Å². The molecular formula is C34H49N3O7S. The van der Waals surface area contributed by atoms with Crippen LogP contribution in [0.2, 0.25) is 0 Å². The first-order chi connectivity index (χ1) is 21.0. The van der Waals surface area contributed by atoms with Crippen LogP contribution in [0.5, 0.6) is 5.75 Å². The lowest BCUT2D eigenvalue weighted by Gasteiger charge is -2.35. The molecule has 3 amide bonds. The molecule has 2 rings (SSSR count). The molecule has 0 bridgehead atoms. The average Bonchev–Trinajstić information content (AvgIpc) is 2.93. The maximum atomic E-state index is 14.4. The normalized spacial score (nSPS) is 13.6. The average molecular weight is 644 g/mol. The molecule has 2 aromatic rings. The summed E-state index contributed by atoms with van der Waals surface area (Å²) >= 11 is 4.32. The fourth-order valence-electron chi connectivity index (χ4n) is 4.55. The first-order valence-corrected chi connectivity index (χ1v) is 15.9. The fraction of sp³-hybridized carbons (Fsp3) is 0.529. The number of unbranched alkanes of at least 4 members (excludes halogenated alkanes) is 1. The molecule has 0 saturated heterocycles. The topological polar surface area (TPSA) is 134 Å². The molecule has 248 valence electrons. The number of phenols is 1. The van der Waals surface area contributed by atoms with Crippen molar-refractivity contribution in [3.05, 3.63) is 65.2 Å². The van der Waals surface area contributed by atoms with Crippen molar-refractivity contribution < 1.29 is 33.8 Å². The van der Waals surface area contributed by atoms with Gasteiger partial charge in [0.2, 0.25) is 11.8 Å². The smallest absolute Gasteiger partial charge is 0.408 e. The van der Waals surface area contributed by atoms with Gasteiger partial charge in [0, 0.05) is 24.3 Å². The predicted molar refractivity (Wildman–Crippen MR) is 177 cm³/mol. The van der Waals surface area contributed by atoms with Crippen molar-refractivity contribution in [3.8, 4) is 5.75 Å². The lowest BCUT2D eigenvalue weighted by Crippen LogP contribution is -2.55. The Morgan fingerprint density at radius 1 is 0.889 bits per heavy atom. The number of alkyl carbamates (subject to hydrolysis) is 1. The highest BCUT2D eigenvalue weighted by Gasteiger charge is 2.39. The molecule has 0 spiro atoms. The molecule has 11 heteroatoms. The number of ether oxygens (including phenoxy) is 2. The minimum absolute atomic E-state index is 0.0800. The lowest BCUT2D eigenvalue weighted by atomic mass is 9.98. The molecule has 3 atom stereocenters. The van der Waals surface area contributed by atoms with Gasteiger partial charge in [0.15, 0.2) is 0 Å². The summed E-state index contributed by atoms with van der Waals surface area (Å²) in [6.45, 7) is 14.1. The largest absolute Gasteiger partial charge is 0.507 e. The molecule has 0 radical (unpaired) electrons. The Bertz CT molecular complexity index is 1310. The Morgan fingerprint density at radius 3 is 2.07 bits per heavy atom. The zero-order valence-corrected chi connectivity index (χ0v) is 28.6. The van der Waals surface area contributed by atoms with Gasteiger partial charge in [0.1, 0.15) is 35.1 Å². The Labute approximate surface area is 272 Å². The molecule has 10 nitrogen and oxygen atoms in total. The monoisotopic (exact) mass is 643 g/mol. The molecule has 0 aromatic heterocycles. The summed E-state index contributed by atoms with van der Waals surface area (Å²) < 4.78 is 11.0. The molecule has 0 saturated carbocycles. The van der Waals surface area contributed by atoms with E-state index in [9.17, 15) is 24.3 Å². The molecule has 45 heavy (non-hydrogen) atoms. The molecule has 0 aliphatic rings. The number of carbonyl (C=O) groups is 4. The van der Waals surface area contributed by atoms with Crippen molar-refractivity contribution in [2.24, 2.45) is 0 Å². The standard InChI is InChI=1S/C34H49N3O7S/c1-9-10-19-37(30(40)26(21-45)36-32(42)44-34(6,7)8)27(24-18-14-15-22(2)28(24)38)29(39)35-25(31(41)43-33(3,4)5)20-23-16-12-11-13-17-23/h11-18,25-27,38,45H,9-10,19-21H2,1-8H3,(H,35,39)(H,36,42). The third-order valence-corrected chi connectivity index (χ3v) is 6.99. The van der Waals surface area contributed by atoms with Crippen LogP contribution in [0.1, 0.15) is 84.0 Å². The van der Waals surface area contributed by atoms with E-state index in [4.69, 9.17) is 9.47 Å². The van der Waals surface area contributed by atoms with Crippen molar-refractivity contribution in [1.29, 1.82) is 0 Å². The van der Waals surface area contributed by atoms with Crippen LogP contribution in [0.15, 0.2) is 48.5 Å². The Balaban J connectivity index is 2.61. The molecule has 2 aromatic carbocycles. The third kappa shape index (κ3) is 11.9. The van der Waals surface area contributed by atoms with E-state index < -0.39 is 53.2 Å². The van der Waals surface area contributed by atoms with E-state index in [0.29, 0.717) is 18.4 Å². The predicted octanol–water partition coefficient (Wildman–Crippen LogP) is 5.26. The number of hydrogen-bond donors (Lipinski definition) is 4. The van der Waals surface area contributed by atoms with Gasteiger partial charge in [-0.1, -0.05) is 61.9 Å². The van der Waals surface area contributed by atoms with Crippen LogP contribution in [0.4, 0.5) is 4.79 Å². The minimum atomic E-state index is -1.35. The number of aromatic hydroxyl groups is 1. The maximum absolute atomic E-state index is 14.4. The van der Waals surface area contributed by atoms with Crippen LogP contribution >= 0.6 is 12.6 Å². The zero-order valence-electron chi connectivity index (χ0n) is 27.7. The number of hydrogen-bond acceptors (Lipinski definition) is 8. The van der Waals surface area contributed by atoms with Crippen molar-refractivity contribution in [3.63, 3.8) is 0 Å². The van der Waals surface area contributed by atoms with Crippen molar-refractivity contribution in [2.45, 2.75) is 104 Å². The molecule has 3 N–H and O–H groups in total. The quantitative estimate of drug-likeness (QED) is 0.173. The number of esters is 1. The Kier molecular flexibility index (Phi) is 13.8. The van der Waals surface area contributed by atoms with Crippen LogP contribution in [0.3, 0.4) is 0 Å².